The van der Waals surface area contributed by atoms with Gasteiger partial charge in [0, 0.05) is 11.9 Å². The van der Waals surface area contributed by atoms with Gasteiger partial charge in [-0.3, -0.25) is 9.08 Å². The van der Waals surface area contributed by atoms with E-state index in [0.717, 1.165) is 29.5 Å². The Morgan fingerprint density at radius 2 is 1.97 bits per heavy atom. The standard InChI is InChI=1S/C23H32Cl2O6/c1-7-8-9-17(30-25)19-20(27-12-16-11-10-13(2)14(3)18(16)24)21-23(28-19,15(4)26)31-22(5,6)29-21/h10-11,17,19-21H,7-9,12H2,1-6H3/t17-,19+,20-,21+,23+/m0/s1. The normalized spacial score (nSPS) is 30.4. The SMILES string of the molecule is CCCC[C@H](OCl)[C@H]1O[C@]2(C(C)=O)OC(C)(C)O[C@@H]2[C@H]1OCc1ccc(C)c(C)c1Cl. The molecule has 2 heterocycles. The molecule has 0 amide bonds. The van der Waals surface area contributed by atoms with Gasteiger partial charge in [-0.25, -0.2) is 0 Å². The zero-order chi connectivity index (χ0) is 23.0. The molecule has 0 saturated carbocycles. The summed E-state index contributed by atoms with van der Waals surface area (Å²) in [6.07, 6.45) is -0.0144. The van der Waals surface area contributed by atoms with Gasteiger partial charge in [0.1, 0.15) is 18.3 Å². The number of fused-ring (bicyclic) bond motifs is 1. The molecule has 0 bridgehead atoms. The lowest BCUT2D eigenvalue weighted by molar-refractivity contribution is -0.262. The predicted octanol–water partition coefficient (Wildman–Crippen LogP) is 5.41. The molecule has 0 spiro atoms. The summed E-state index contributed by atoms with van der Waals surface area (Å²) >= 11 is 12.4. The molecule has 174 valence electrons. The maximum Gasteiger partial charge on any atom is 0.261 e. The van der Waals surface area contributed by atoms with Gasteiger partial charge in [0.2, 0.25) is 0 Å². The lowest BCUT2D eigenvalue weighted by Crippen LogP contribution is -2.47. The Hall–Kier alpha value is -0.730. The highest BCUT2D eigenvalue weighted by Gasteiger charge is 2.69. The van der Waals surface area contributed by atoms with E-state index in [1.165, 1.54) is 6.92 Å². The van der Waals surface area contributed by atoms with Crippen molar-refractivity contribution >= 4 is 29.3 Å². The fourth-order valence-corrected chi connectivity index (χ4v) is 4.73. The van der Waals surface area contributed by atoms with Crippen LogP contribution in [0.25, 0.3) is 0 Å². The Morgan fingerprint density at radius 3 is 2.58 bits per heavy atom. The molecule has 2 aliphatic rings. The van der Waals surface area contributed by atoms with Crippen molar-refractivity contribution in [3.8, 4) is 0 Å². The minimum Gasteiger partial charge on any atom is -0.368 e. The zero-order valence-corrected chi connectivity index (χ0v) is 20.5. The summed E-state index contributed by atoms with van der Waals surface area (Å²) in [5, 5.41) is 0.661. The molecule has 31 heavy (non-hydrogen) atoms. The molecule has 8 heteroatoms. The van der Waals surface area contributed by atoms with Gasteiger partial charge in [0.25, 0.3) is 5.79 Å². The first-order valence-electron chi connectivity index (χ1n) is 10.8. The number of Topliss-reactive ketones (excluding diaryl/α,β-unsaturated/α-hetero) is 1. The number of benzene rings is 1. The van der Waals surface area contributed by atoms with E-state index in [9.17, 15) is 4.79 Å². The molecule has 2 saturated heterocycles. The third-order valence-corrected chi connectivity index (χ3v) is 6.85. The van der Waals surface area contributed by atoms with E-state index in [0.29, 0.717) is 11.4 Å². The Kier molecular flexibility index (Phi) is 7.74. The molecule has 6 nitrogen and oxygen atoms in total. The van der Waals surface area contributed by atoms with Crippen molar-refractivity contribution in [1.82, 2.24) is 0 Å². The zero-order valence-electron chi connectivity index (χ0n) is 19.0. The molecule has 0 unspecified atom stereocenters. The first-order valence-corrected chi connectivity index (χ1v) is 11.5. The Labute approximate surface area is 194 Å². The van der Waals surface area contributed by atoms with Crippen LogP contribution < -0.4 is 0 Å². The number of hydrogen-bond acceptors (Lipinski definition) is 6. The molecule has 0 radical (unpaired) electrons. The fraction of sp³-hybridized carbons (Fsp3) is 0.696. The second kappa shape index (κ2) is 9.64. The summed E-state index contributed by atoms with van der Waals surface area (Å²) in [5.74, 6) is -2.85. The topological polar surface area (TPSA) is 63.2 Å². The van der Waals surface area contributed by atoms with Gasteiger partial charge >= 0.3 is 0 Å². The van der Waals surface area contributed by atoms with Crippen LogP contribution in [0.15, 0.2) is 12.1 Å². The number of ketones is 1. The van der Waals surface area contributed by atoms with Gasteiger partial charge in [-0.15, -0.1) is 0 Å². The Balaban J connectivity index is 1.92. The number of unbranched alkanes of at least 4 members (excludes halogenated alkanes) is 1. The number of carbonyl (C=O) groups is 1. The number of carbonyl (C=O) groups excluding carboxylic acids is 1. The van der Waals surface area contributed by atoms with Crippen LogP contribution in [-0.2, 0) is 34.6 Å². The third kappa shape index (κ3) is 4.81. The van der Waals surface area contributed by atoms with Crippen LogP contribution in [0.1, 0.15) is 63.6 Å². The minimum absolute atomic E-state index is 0.224. The summed E-state index contributed by atoms with van der Waals surface area (Å²) in [6.45, 7) is 11.2. The summed E-state index contributed by atoms with van der Waals surface area (Å²) in [6, 6.07) is 3.95. The Morgan fingerprint density at radius 1 is 1.26 bits per heavy atom. The van der Waals surface area contributed by atoms with Crippen molar-refractivity contribution in [3.63, 3.8) is 0 Å². The summed E-state index contributed by atoms with van der Waals surface area (Å²) in [5.41, 5.74) is 2.96. The summed E-state index contributed by atoms with van der Waals surface area (Å²) in [4.78, 5) is 12.7. The van der Waals surface area contributed by atoms with Gasteiger partial charge in [-0.1, -0.05) is 43.5 Å². The number of hydrogen-bond donors (Lipinski definition) is 0. The van der Waals surface area contributed by atoms with Gasteiger partial charge in [-0.2, -0.15) is 0 Å². The molecule has 0 N–H and O–H groups in total. The number of halogens is 2. The van der Waals surface area contributed by atoms with Crippen molar-refractivity contribution in [2.45, 2.75) is 103 Å². The summed E-state index contributed by atoms with van der Waals surface area (Å²) in [7, 11) is 0. The van der Waals surface area contributed by atoms with E-state index < -0.39 is 36.0 Å². The smallest absolute Gasteiger partial charge is 0.261 e. The van der Waals surface area contributed by atoms with Gasteiger partial charge in [0.05, 0.1) is 18.5 Å². The second-order valence-corrected chi connectivity index (χ2v) is 9.43. The highest BCUT2D eigenvalue weighted by molar-refractivity contribution is 6.32. The maximum atomic E-state index is 12.7. The lowest BCUT2D eigenvalue weighted by atomic mass is 9.97. The first kappa shape index (κ1) is 24.9. The molecule has 0 aliphatic carbocycles. The monoisotopic (exact) mass is 474 g/mol. The lowest BCUT2D eigenvalue weighted by Gasteiger charge is -2.30. The van der Waals surface area contributed by atoms with E-state index in [1.807, 2.05) is 26.0 Å². The van der Waals surface area contributed by atoms with Crippen LogP contribution in [0.2, 0.25) is 5.02 Å². The average Bonchev–Trinajstić information content (AvgIpc) is 3.15. The van der Waals surface area contributed by atoms with Crippen molar-refractivity contribution in [1.29, 1.82) is 0 Å². The van der Waals surface area contributed by atoms with Crippen molar-refractivity contribution in [2.24, 2.45) is 0 Å². The Bertz CT molecular complexity index is 814. The van der Waals surface area contributed by atoms with E-state index in [4.69, 9.17) is 46.7 Å². The molecule has 3 rings (SSSR count). The summed E-state index contributed by atoms with van der Waals surface area (Å²) < 4.78 is 29.9. The van der Waals surface area contributed by atoms with Crippen LogP contribution >= 0.6 is 23.5 Å². The first-order chi connectivity index (χ1) is 14.6. The molecule has 2 aliphatic heterocycles. The van der Waals surface area contributed by atoms with Crippen LogP contribution in [0.3, 0.4) is 0 Å². The number of rotatable bonds is 9. The maximum absolute atomic E-state index is 12.7. The van der Waals surface area contributed by atoms with Crippen LogP contribution in [0.5, 0.6) is 0 Å². The van der Waals surface area contributed by atoms with Crippen molar-refractivity contribution in [3.05, 3.63) is 33.8 Å². The predicted molar refractivity (Wildman–Crippen MR) is 118 cm³/mol. The molecule has 1 aromatic carbocycles. The van der Waals surface area contributed by atoms with E-state index in [2.05, 4.69) is 6.92 Å². The molecule has 2 fully saturated rings. The van der Waals surface area contributed by atoms with Crippen molar-refractivity contribution < 1.29 is 28.0 Å². The highest BCUT2D eigenvalue weighted by atomic mass is 35.5. The van der Waals surface area contributed by atoms with Crippen LogP contribution in [0, 0.1) is 13.8 Å². The third-order valence-electron chi connectivity index (χ3n) is 6.10. The minimum atomic E-state index is -1.56. The van der Waals surface area contributed by atoms with E-state index >= 15 is 0 Å². The number of ether oxygens (including phenoxy) is 4. The fourth-order valence-electron chi connectivity index (χ4n) is 4.27. The average molecular weight is 475 g/mol. The molecular weight excluding hydrogens is 443 g/mol. The van der Waals surface area contributed by atoms with Gasteiger partial charge < -0.3 is 18.9 Å². The van der Waals surface area contributed by atoms with Crippen molar-refractivity contribution in [2.75, 3.05) is 0 Å². The molecule has 5 atom stereocenters. The van der Waals surface area contributed by atoms with E-state index in [1.54, 1.807) is 13.8 Å². The molecule has 1 aromatic rings. The number of aryl methyl sites for hydroxylation is 1. The second-order valence-electron chi connectivity index (χ2n) is 8.87. The molecular formula is C23H32Cl2O6. The van der Waals surface area contributed by atoms with Gasteiger partial charge in [0.15, 0.2) is 17.7 Å². The quantitative estimate of drug-likeness (QED) is 0.476. The largest absolute Gasteiger partial charge is 0.368 e. The van der Waals surface area contributed by atoms with Gasteiger partial charge in [-0.05, 0) is 50.8 Å². The molecule has 0 aromatic heterocycles. The van der Waals surface area contributed by atoms with E-state index in [-0.39, 0.29) is 12.4 Å². The highest BCUT2D eigenvalue weighted by Crippen LogP contribution is 2.48. The van der Waals surface area contributed by atoms with Crippen LogP contribution in [0.4, 0.5) is 0 Å². The van der Waals surface area contributed by atoms with Crippen LogP contribution in [-0.4, -0.2) is 41.8 Å².